The minimum atomic E-state index is -0.425. The molecule has 1 amide bonds. The van der Waals surface area contributed by atoms with Crippen molar-refractivity contribution in [1.29, 1.82) is 0 Å². The summed E-state index contributed by atoms with van der Waals surface area (Å²) in [6, 6.07) is 0.288. The predicted octanol–water partition coefficient (Wildman–Crippen LogP) is 9.00. The first kappa shape index (κ1) is 27.3. The highest BCUT2D eigenvalue weighted by Gasteiger charge is 2.60. The zero-order valence-electron chi connectivity index (χ0n) is 24.4. The zero-order valence-corrected chi connectivity index (χ0v) is 24.4. The minimum Gasteiger partial charge on any atom is -0.444 e. The summed E-state index contributed by atoms with van der Waals surface area (Å²) in [4.78, 5) is 12.4. The summed E-state index contributed by atoms with van der Waals surface area (Å²) in [6.07, 6.45) is 16.2. The molecule has 0 heterocycles. The molecule has 3 heteroatoms. The molecule has 0 unspecified atom stereocenters. The first-order chi connectivity index (χ1) is 16.3. The van der Waals surface area contributed by atoms with Crippen molar-refractivity contribution in [3.05, 3.63) is 0 Å². The number of alkyl carbamates (subject to hydrolysis) is 1. The third-order valence-corrected chi connectivity index (χ3v) is 11.6. The van der Waals surface area contributed by atoms with Crippen LogP contribution in [0.2, 0.25) is 0 Å². The van der Waals surface area contributed by atoms with E-state index in [1.54, 1.807) is 0 Å². The molecule has 0 aromatic heterocycles. The molecule has 0 aromatic rings. The highest BCUT2D eigenvalue weighted by atomic mass is 16.6. The number of hydrogen-bond acceptors (Lipinski definition) is 2. The van der Waals surface area contributed by atoms with Crippen molar-refractivity contribution in [2.24, 2.45) is 52.3 Å². The summed E-state index contributed by atoms with van der Waals surface area (Å²) >= 11 is 0. The maximum absolute atomic E-state index is 12.4. The van der Waals surface area contributed by atoms with Gasteiger partial charge in [0, 0.05) is 6.04 Å². The Labute approximate surface area is 217 Å². The molecule has 4 aliphatic carbocycles. The zero-order chi connectivity index (χ0) is 25.6. The molecule has 0 aromatic carbocycles. The van der Waals surface area contributed by atoms with Crippen molar-refractivity contribution < 1.29 is 9.53 Å². The Morgan fingerprint density at radius 3 is 2.29 bits per heavy atom. The molecular formula is C32H57NO2. The molecule has 4 aliphatic rings. The number of amides is 1. The maximum Gasteiger partial charge on any atom is 0.407 e. The lowest BCUT2D eigenvalue weighted by Crippen LogP contribution is -2.55. The second-order valence-electron chi connectivity index (χ2n) is 15.3. The third-order valence-electron chi connectivity index (χ3n) is 11.6. The smallest absolute Gasteiger partial charge is 0.407 e. The minimum absolute atomic E-state index is 0.229. The first-order valence-electron chi connectivity index (χ1n) is 15.3. The van der Waals surface area contributed by atoms with Crippen LogP contribution in [0, 0.1) is 52.3 Å². The molecule has 0 bridgehead atoms. The van der Waals surface area contributed by atoms with Crippen LogP contribution in [0.15, 0.2) is 0 Å². The summed E-state index contributed by atoms with van der Waals surface area (Å²) in [5.41, 5.74) is 0.625. The number of fused-ring (bicyclic) bond motifs is 5. The van der Waals surface area contributed by atoms with Crippen LogP contribution in [0.4, 0.5) is 4.79 Å². The Morgan fingerprint density at radius 1 is 0.914 bits per heavy atom. The lowest BCUT2D eigenvalue weighted by Gasteiger charge is -2.61. The van der Waals surface area contributed by atoms with Crippen molar-refractivity contribution in [2.75, 3.05) is 0 Å². The van der Waals surface area contributed by atoms with Crippen molar-refractivity contribution in [1.82, 2.24) is 5.32 Å². The van der Waals surface area contributed by atoms with E-state index >= 15 is 0 Å². The summed E-state index contributed by atoms with van der Waals surface area (Å²) < 4.78 is 5.56. The number of ether oxygens (including phenoxy) is 1. The van der Waals surface area contributed by atoms with Gasteiger partial charge in [-0.15, -0.1) is 0 Å². The van der Waals surface area contributed by atoms with E-state index in [9.17, 15) is 4.79 Å². The van der Waals surface area contributed by atoms with Gasteiger partial charge in [-0.3, -0.25) is 0 Å². The standard InChI is InChI=1S/C32H57NO2/c1-21(2)10-9-11-22(3)26-14-15-27-25-13-12-23-20-24(33-29(34)35-30(4,5)6)16-18-31(23,7)28(25)17-19-32(26,27)8/h21-28H,9-20H2,1-8H3,(H,33,34)/t22-,23+,24-,25+,26-,27+,28+,31+,32-/m1/s1. The van der Waals surface area contributed by atoms with E-state index in [0.29, 0.717) is 10.8 Å². The quantitative estimate of drug-likeness (QED) is 0.406. The molecule has 4 fully saturated rings. The van der Waals surface area contributed by atoms with Crippen LogP contribution in [0.5, 0.6) is 0 Å². The van der Waals surface area contributed by atoms with Gasteiger partial charge in [0.05, 0.1) is 0 Å². The molecule has 0 saturated heterocycles. The van der Waals surface area contributed by atoms with Crippen LogP contribution >= 0.6 is 0 Å². The van der Waals surface area contributed by atoms with Crippen LogP contribution in [0.3, 0.4) is 0 Å². The van der Waals surface area contributed by atoms with Gasteiger partial charge >= 0.3 is 6.09 Å². The molecule has 0 radical (unpaired) electrons. The van der Waals surface area contributed by atoms with E-state index in [2.05, 4.69) is 39.9 Å². The second kappa shape index (κ2) is 10.2. The van der Waals surface area contributed by atoms with E-state index in [1.165, 1.54) is 64.2 Å². The molecule has 9 atom stereocenters. The molecular weight excluding hydrogens is 430 g/mol. The number of rotatable bonds is 6. The van der Waals surface area contributed by atoms with E-state index in [-0.39, 0.29) is 12.1 Å². The fourth-order valence-corrected chi connectivity index (χ4v) is 9.89. The van der Waals surface area contributed by atoms with E-state index in [1.807, 2.05) is 20.8 Å². The predicted molar refractivity (Wildman–Crippen MR) is 146 cm³/mol. The number of carbonyl (C=O) groups excluding carboxylic acids is 1. The topological polar surface area (TPSA) is 38.3 Å². The van der Waals surface area contributed by atoms with Gasteiger partial charge in [-0.25, -0.2) is 4.79 Å². The Bertz CT molecular complexity index is 740. The summed E-state index contributed by atoms with van der Waals surface area (Å²) in [5, 5.41) is 3.22. The van der Waals surface area contributed by atoms with Crippen LogP contribution in [-0.4, -0.2) is 17.7 Å². The van der Waals surface area contributed by atoms with Gasteiger partial charge in [-0.2, -0.15) is 0 Å². The second-order valence-corrected chi connectivity index (χ2v) is 15.3. The molecule has 202 valence electrons. The first-order valence-corrected chi connectivity index (χ1v) is 15.3. The van der Waals surface area contributed by atoms with Crippen molar-refractivity contribution in [3.8, 4) is 0 Å². The van der Waals surface area contributed by atoms with Gasteiger partial charge in [0.1, 0.15) is 5.60 Å². The monoisotopic (exact) mass is 487 g/mol. The van der Waals surface area contributed by atoms with Gasteiger partial charge in [0.15, 0.2) is 0 Å². The molecule has 4 rings (SSSR count). The lowest BCUT2D eigenvalue weighted by atomic mass is 9.44. The SMILES string of the molecule is CC(C)CCC[C@@H](C)[C@H]1CC[C@H]2[C@@H]3CC[C@H]4C[C@H](NC(=O)OC(C)(C)C)CC[C@]4(C)[C@H]3CC[C@]12C. The lowest BCUT2D eigenvalue weighted by molar-refractivity contribution is -0.117. The summed E-state index contributed by atoms with van der Waals surface area (Å²) in [5.74, 6) is 6.23. The number of carbonyl (C=O) groups is 1. The van der Waals surface area contributed by atoms with Gasteiger partial charge in [0.2, 0.25) is 0 Å². The van der Waals surface area contributed by atoms with Crippen molar-refractivity contribution >= 4 is 6.09 Å². The van der Waals surface area contributed by atoms with Crippen molar-refractivity contribution in [2.45, 2.75) is 144 Å². The summed E-state index contributed by atoms with van der Waals surface area (Å²) in [7, 11) is 0. The molecule has 0 aliphatic heterocycles. The Balaban J connectivity index is 1.38. The van der Waals surface area contributed by atoms with Crippen LogP contribution in [0.25, 0.3) is 0 Å². The normalized spacial score (nSPS) is 42.1. The number of nitrogens with one attached hydrogen (secondary N) is 1. The molecule has 3 nitrogen and oxygen atoms in total. The summed E-state index contributed by atoms with van der Waals surface area (Å²) in [6.45, 7) is 18.5. The van der Waals surface area contributed by atoms with Gasteiger partial charge in [-0.05, 0) is 131 Å². The highest BCUT2D eigenvalue weighted by Crippen LogP contribution is 2.68. The highest BCUT2D eigenvalue weighted by molar-refractivity contribution is 5.68. The Morgan fingerprint density at radius 2 is 1.60 bits per heavy atom. The molecule has 4 saturated carbocycles. The number of hydrogen-bond donors (Lipinski definition) is 1. The van der Waals surface area contributed by atoms with E-state index in [4.69, 9.17) is 4.74 Å². The van der Waals surface area contributed by atoms with E-state index < -0.39 is 5.60 Å². The fraction of sp³-hybridized carbons (Fsp3) is 0.969. The van der Waals surface area contributed by atoms with Gasteiger partial charge in [-0.1, -0.05) is 53.9 Å². The molecule has 0 spiro atoms. The van der Waals surface area contributed by atoms with Crippen molar-refractivity contribution in [3.63, 3.8) is 0 Å². The molecule has 1 N–H and O–H groups in total. The van der Waals surface area contributed by atoms with Crippen LogP contribution in [0.1, 0.15) is 132 Å². The Hall–Kier alpha value is -0.730. The maximum atomic E-state index is 12.4. The van der Waals surface area contributed by atoms with E-state index in [0.717, 1.165) is 54.3 Å². The Kier molecular flexibility index (Phi) is 7.96. The third kappa shape index (κ3) is 5.59. The van der Waals surface area contributed by atoms with Gasteiger partial charge < -0.3 is 10.1 Å². The fourth-order valence-electron chi connectivity index (χ4n) is 9.89. The van der Waals surface area contributed by atoms with Crippen LogP contribution < -0.4 is 5.32 Å². The van der Waals surface area contributed by atoms with Gasteiger partial charge in [0.25, 0.3) is 0 Å². The average molecular weight is 488 g/mol. The largest absolute Gasteiger partial charge is 0.444 e. The molecule has 35 heavy (non-hydrogen) atoms. The van der Waals surface area contributed by atoms with Crippen LogP contribution in [-0.2, 0) is 4.74 Å². The average Bonchev–Trinajstić information content (AvgIpc) is 3.09.